The third-order valence-corrected chi connectivity index (χ3v) is 4.71. The monoisotopic (exact) mass is 313 g/mol. The summed E-state index contributed by atoms with van der Waals surface area (Å²) in [6, 6.07) is 8.05. The van der Waals surface area contributed by atoms with E-state index >= 15 is 0 Å². The van der Waals surface area contributed by atoms with Crippen LogP contribution in [-0.2, 0) is 10.2 Å². The lowest BCUT2D eigenvalue weighted by atomic mass is 9.74. The van der Waals surface area contributed by atoms with Gasteiger partial charge in [-0.25, -0.2) is 4.79 Å². The van der Waals surface area contributed by atoms with E-state index < -0.39 is 5.60 Å². The van der Waals surface area contributed by atoms with Gasteiger partial charge in [-0.15, -0.1) is 0 Å². The summed E-state index contributed by atoms with van der Waals surface area (Å²) >= 11 is 0. The molecule has 0 radical (unpaired) electrons. The molecule has 23 heavy (non-hydrogen) atoms. The summed E-state index contributed by atoms with van der Waals surface area (Å²) in [4.78, 5) is 14.0. The van der Waals surface area contributed by atoms with Crippen molar-refractivity contribution >= 4 is 11.8 Å². The summed E-state index contributed by atoms with van der Waals surface area (Å²) in [7, 11) is 0. The van der Waals surface area contributed by atoms with Gasteiger partial charge in [0.05, 0.1) is 11.6 Å². The molecule has 0 unspecified atom stereocenters. The number of hydrogen-bond donors (Lipinski definition) is 1. The Balaban J connectivity index is 1.73. The van der Waals surface area contributed by atoms with Crippen LogP contribution < -0.4 is 5.32 Å². The molecule has 1 spiro atoms. The molecule has 2 heterocycles. The molecular weight excluding hydrogens is 290 g/mol. The lowest BCUT2D eigenvalue weighted by molar-refractivity contribution is 0.0172. The molecule has 122 valence electrons. The van der Waals surface area contributed by atoms with Crippen molar-refractivity contribution in [2.45, 2.75) is 44.6 Å². The molecule has 0 aliphatic carbocycles. The molecule has 5 heteroatoms. The highest BCUT2D eigenvalue weighted by Crippen LogP contribution is 2.44. The van der Waals surface area contributed by atoms with Crippen molar-refractivity contribution in [1.29, 1.82) is 5.26 Å². The lowest BCUT2D eigenvalue weighted by Crippen LogP contribution is -2.47. The normalized spacial score (nSPS) is 19.0. The molecule has 5 nitrogen and oxygen atoms in total. The number of nitrogens with zero attached hydrogens (tertiary/aromatic N) is 2. The zero-order valence-corrected chi connectivity index (χ0v) is 14.0. The molecule has 2 aliphatic heterocycles. The second-order valence-electron chi connectivity index (χ2n) is 7.47. The number of carbonyl (C=O) groups excluding carboxylic acids is 1. The minimum Gasteiger partial charge on any atom is -0.444 e. The average Bonchev–Trinajstić information content (AvgIpc) is 2.84. The van der Waals surface area contributed by atoms with E-state index in [4.69, 9.17) is 10.00 Å². The number of nitrogens with one attached hydrogen (secondary N) is 1. The Bertz CT molecular complexity index is 662. The van der Waals surface area contributed by atoms with E-state index in [9.17, 15) is 4.79 Å². The largest absolute Gasteiger partial charge is 0.444 e. The Morgan fingerprint density at radius 2 is 2.04 bits per heavy atom. The Morgan fingerprint density at radius 3 is 2.65 bits per heavy atom. The van der Waals surface area contributed by atoms with Crippen LogP contribution in [0.4, 0.5) is 10.5 Å². The van der Waals surface area contributed by atoms with Crippen LogP contribution in [0.15, 0.2) is 18.2 Å². The predicted octanol–water partition coefficient (Wildman–Crippen LogP) is 3.25. The fourth-order valence-electron chi connectivity index (χ4n) is 3.46. The summed E-state index contributed by atoms with van der Waals surface area (Å²) in [5.74, 6) is 0. The molecule has 1 fully saturated rings. The molecule has 0 bridgehead atoms. The highest BCUT2D eigenvalue weighted by atomic mass is 16.6. The first kappa shape index (κ1) is 15.7. The molecule has 0 atom stereocenters. The number of ether oxygens (including phenoxy) is 1. The van der Waals surface area contributed by atoms with Crippen molar-refractivity contribution in [2.75, 3.05) is 25.0 Å². The van der Waals surface area contributed by atoms with Gasteiger partial charge in [0, 0.05) is 30.7 Å². The minimum atomic E-state index is -0.463. The average molecular weight is 313 g/mol. The molecule has 0 saturated carbocycles. The molecule has 0 aromatic heterocycles. The Morgan fingerprint density at radius 1 is 1.35 bits per heavy atom. The van der Waals surface area contributed by atoms with Gasteiger partial charge < -0.3 is 15.0 Å². The second-order valence-corrected chi connectivity index (χ2v) is 7.47. The van der Waals surface area contributed by atoms with Gasteiger partial charge in [0.25, 0.3) is 0 Å². The van der Waals surface area contributed by atoms with Gasteiger partial charge in [-0.1, -0.05) is 0 Å². The van der Waals surface area contributed by atoms with E-state index in [2.05, 4.69) is 11.4 Å². The van der Waals surface area contributed by atoms with Gasteiger partial charge in [-0.3, -0.25) is 0 Å². The topological polar surface area (TPSA) is 65.4 Å². The summed E-state index contributed by atoms with van der Waals surface area (Å²) in [6.45, 7) is 7.91. The number of nitriles is 1. The standard InChI is InChI=1S/C18H23N3O2/c1-17(2,3)23-16(22)21-8-6-18(7-9-21)12-20-15-5-4-13(11-19)10-14(15)18/h4-5,10,20H,6-9,12H2,1-3H3. The maximum atomic E-state index is 12.2. The molecule has 1 saturated heterocycles. The fraction of sp³-hybridized carbons (Fsp3) is 0.556. The van der Waals surface area contributed by atoms with E-state index in [1.807, 2.05) is 39.0 Å². The van der Waals surface area contributed by atoms with Gasteiger partial charge >= 0.3 is 6.09 Å². The fourth-order valence-corrected chi connectivity index (χ4v) is 3.46. The SMILES string of the molecule is CC(C)(C)OC(=O)N1CCC2(CC1)CNc1ccc(C#N)cc12. The van der Waals surface area contributed by atoms with Crippen molar-refractivity contribution in [1.82, 2.24) is 4.90 Å². The first-order valence-electron chi connectivity index (χ1n) is 8.09. The number of benzene rings is 1. The molecule has 1 N–H and O–H groups in total. The number of likely N-dealkylation sites (tertiary alicyclic amines) is 1. The van der Waals surface area contributed by atoms with E-state index in [1.54, 1.807) is 4.90 Å². The molecule has 1 amide bonds. The van der Waals surface area contributed by atoms with E-state index in [-0.39, 0.29) is 11.5 Å². The number of hydrogen-bond acceptors (Lipinski definition) is 4. The number of amides is 1. The van der Waals surface area contributed by atoms with Gasteiger partial charge in [-0.2, -0.15) is 5.26 Å². The molecule has 1 aromatic carbocycles. The van der Waals surface area contributed by atoms with Crippen LogP contribution in [0.25, 0.3) is 0 Å². The summed E-state index contributed by atoms with van der Waals surface area (Å²) in [6.07, 6.45) is 1.55. The zero-order valence-electron chi connectivity index (χ0n) is 14.0. The first-order chi connectivity index (χ1) is 10.8. The van der Waals surface area contributed by atoms with Crippen molar-refractivity contribution in [3.05, 3.63) is 29.3 Å². The Hall–Kier alpha value is -2.22. The highest BCUT2D eigenvalue weighted by Gasteiger charge is 2.42. The number of fused-ring (bicyclic) bond motifs is 2. The van der Waals surface area contributed by atoms with Crippen molar-refractivity contribution in [3.63, 3.8) is 0 Å². The third kappa shape index (κ3) is 2.98. The van der Waals surface area contributed by atoms with Gasteiger partial charge in [0.2, 0.25) is 0 Å². The number of carbonyl (C=O) groups is 1. The maximum Gasteiger partial charge on any atom is 0.410 e. The van der Waals surface area contributed by atoms with Crippen LogP contribution in [-0.4, -0.2) is 36.2 Å². The van der Waals surface area contributed by atoms with Gasteiger partial charge in [0.1, 0.15) is 5.60 Å². The van der Waals surface area contributed by atoms with Crippen molar-refractivity contribution < 1.29 is 9.53 Å². The van der Waals surface area contributed by atoms with E-state index in [0.717, 1.165) is 25.1 Å². The zero-order chi connectivity index (χ0) is 16.7. The maximum absolute atomic E-state index is 12.2. The highest BCUT2D eigenvalue weighted by molar-refractivity contribution is 5.69. The summed E-state index contributed by atoms with van der Waals surface area (Å²) < 4.78 is 5.46. The van der Waals surface area contributed by atoms with Gasteiger partial charge in [-0.05, 0) is 57.4 Å². The number of rotatable bonds is 0. The van der Waals surface area contributed by atoms with Crippen molar-refractivity contribution in [2.24, 2.45) is 0 Å². The van der Waals surface area contributed by atoms with Crippen molar-refractivity contribution in [3.8, 4) is 6.07 Å². The molecular formula is C18H23N3O2. The second kappa shape index (κ2) is 5.45. The third-order valence-electron chi connectivity index (χ3n) is 4.71. The predicted molar refractivity (Wildman–Crippen MR) is 88.4 cm³/mol. The summed E-state index contributed by atoms with van der Waals surface area (Å²) in [5.41, 5.74) is 2.60. The van der Waals surface area contributed by atoms with E-state index in [1.165, 1.54) is 5.56 Å². The van der Waals surface area contributed by atoms with Gasteiger partial charge in [0.15, 0.2) is 0 Å². The molecule has 2 aliphatic rings. The van der Waals surface area contributed by atoms with E-state index in [0.29, 0.717) is 18.7 Å². The summed E-state index contributed by atoms with van der Waals surface area (Å²) in [5, 5.41) is 12.6. The minimum absolute atomic E-state index is 0.0285. The first-order valence-corrected chi connectivity index (χ1v) is 8.09. The van der Waals surface area contributed by atoms with Crippen LogP contribution in [0.5, 0.6) is 0 Å². The number of anilines is 1. The molecule has 1 aromatic rings. The Kier molecular flexibility index (Phi) is 3.71. The smallest absolute Gasteiger partial charge is 0.410 e. The van der Waals surface area contributed by atoms with Crippen LogP contribution >= 0.6 is 0 Å². The molecule has 3 rings (SSSR count). The van der Waals surface area contributed by atoms with Crippen LogP contribution in [0.3, 0.4) is 0 Å². The van der Waals surface area contributed by atoms with Crippen LogP contribution in [0, 0.1) is 11.3 Å². The number of piperidine rings is 1. The quantitative estimate of drug-likeness (QED) is 0.798. The lowest BCUT2D eigenvalue weighted by Gasteiger charge is -2.39. The van der Waals surface area contributed by atoms with Crippen LogP contribution in [0.1, 0.15) is 44.7 Å². The Labute approximate surface area is 137 Å². The van der Waals surface area contributed by atoms with Crippen LogP contribution in [0.2, 0.25) is 0 Å².